The van der Waals surface area contributed by atoms with Crippen molar-refractivity contribution in [2.75, 3.05) is 0 Å². The molecular formula is C14H11N3O. The summed E-state index contributed by atoms with van der Waals surface area (Å²) in [7, 11) is 0. The number of pyridine rings is 1. The lowest BCUT2D eigenvalue weighted by atomic mass is 10.1. The molecule has 0 aliphatic rings. The molecule has 0 unspecified atom stereocenters. The number of rotatable bonds is 2. The second kappa shape index (κ2) is 4.41. The number of nitrogens with one attached hydrogen (secondary N) is 1. The summed E-state index contributed by atoms with van der Waals surface area (Å²) in [6.07, 6.45) is 3.94. The second-order valence-electron chi connectivity index (χ2n) is 4.06. The van der Waals surface area contributed by atoms with E-state index in [9.17, 15) is 4.79 Å². The van der Waals surface area contributed by atoms with Crippen molar-refractivity contribution >= 4 is 11.0 Å². The molecule has 4 nitrogen and oxygen atoms in total. The number of aromatic amines is 1. The third-order valence-electron chi connectivity index (χ3n) is 2.79. The Morgan fingerprint density at radius 1 is 1.06 bits per heavy atom. The van der Waals surface area contributed by atoms with Crippen LogP contribution in [0.3, 0.4) is 0 Å². The number of nitrogens with zero attached hydrogens (tertiary/aromatic N) is 2. The van der Waals surface area contributed by atoms with E-state index in [0.29, 0.717) is 12.1 Å². The Balaban J connectivity index is 2.07. The Hall–Kier alpha value is -2.49. The maximum absolute atomic E-state index is 11.9. The molecule has 2 aromatic heterocycles. The lowest BCUT2D eigenvalue weighted by Gasteiger charge is -2.02. The van der Waals surface area contributed by atoms with Gasteiger partial charge in [0.25, 0.3) is 5.56 Å². The quantitative estimate of drug-likeness (QED) is 0.740. The SMILES string of the molecule is O=c1[nH]c2ccccc2nc1Cc1ccncc1. The van der Waals surface area contributed by atoms with Gasteiger partial charge < -0.3 is 4.98 Å². The fourth-order valence-corrected chi connectivity index (χ4v) is 1.88. The molecule has 0 saturated carbocycles. The third kappa shape index (κ3) is 2.00. The van der Waals surface area contributed by atoms with E-state index in [1.165, 1.54) is 0 Å². The van der Waals surface area contributed by atoms with Crippen molar-refractivity contribution in [3.05, 3.63) is 70.4 Å². The lowest BCUT2D eigenvalue weighted by molar-refractivity contribution is 1.02. The van der Waals surface area contributed by atoms with Gasteiger partial charge in [0.05, 0.1) is 11.0 Å². The lowest BCUT2D eigenvalue weighted by Crippen LogP contribution is -2.15. The molecular weight excluding hydrogens is 226 g/mol. The van der Waals surface area contributed by atoms with Gasteiger partial charge in [-0.05, 0) is 29.8 Å². The molecule has 3 aromatic rings. The van der Waals surface area contributed by atoms with Crippen LogP contribution in [0, 0.1) is 0 Å². The smallest absolute Gasteiger partial charge is 0.270 e. The summed E-state index contributed by atoms with van der Waals surface area (Å²) in [5.41, 5.74) is 2.99. The molecule has 0 saturated heterocycles. The van der Waals surface area contributed by atoms with Crippen molar-refractivity contribution in [2.45, 2.75) is 6.42 Å². The fourth-order valence-electron chi connectivity index (χ4n) is 1.88. The third-order valence-corrected chi connectivity index (χ3v) is 2.79. The number of hydrogen-bond donors (Lipinski definition) is 1. The molecule has 3 rings (SSSR count). The molecule has 1 N–H and O–H groups in total. The van der Waals surface area contributed by atoms with Crippen LogP contribution in [0.15, 0.2) is 53.6 Å². The zero-order valence-electron chi connectivity index (χ0n) is 9.63. The maximum atomic E-state index is 11.9. The van der Waals surface area contributed by atoms with E-state index in [1.54, 1.807) is 12.4 Å². The molecule has 0 bridgehead atoms. The molecule has 0 fully saturated rings. The van der Waals surface area contributed by atoms with Crippen LogP contribution in [0.4, 0.5) is 0 Å². The van der Waals surface area contributed by atoms with Gasteiger partial charge in [-0.3, -0.25) is 9.78 Å². The van der Waals surface area contributed by atoms with Crippen molar-refractivity contribution in [1.29, 1.82) is 0 Å². The first-order chi connectivity index (χ1) is 8.83. The van der Waals surface area contributed by atoms with Gasteiger partial charge in [0.15, 0.2) is 0 Å². The van der Waals surface area contributed by atoms with Crippen molar-refractivity contribution in [3.8, 4) is 0 Å². The zero-order valence-corrected chi connectivity index (χ0v) is 9.63. The van der Waals surface area contributed by atoms with Gasteiger partial charge in [0.1, 0.15) is 5.69 Å². The van der Waals surface area contributed by atoms with Crippen LogP contribution in [0.2, 0.25) is 0 Å². The van der Waals surface area contributed by atoms with Crippen LogP contribution in [0.25, 0.3) is 11.0 Å². The van der Waals surface area contributed by atoms with Crippen LogP contribution in [-0.2, 0) is 6.42 Å². The molecule has 0 amide bonds. The monoisotopic (exact) mass is 237 g/mol. The number of H-pyrrole nitrogens is 1. The Labute approximate surface area is 103 Å². The molecule has 0 radical (unpaired) electrons. The minimum absolute atomic E-state index is 0.134. The Kier molecular flexibility index (Phi) is 2.61. The summed E-state index contributed by atoms with van der Waals surface area (Å²) >= 11 is 0. The first-order valence-corrected chi connectivity index (χ1v) is 5.70. The second-order valence-corrected chi connectivity index (χ2v) is 4.06. The molecule has 88 valence electrons. The largest absolute Gasteiger partial charge is 0.319 e. The summed E-state index contributed by atoms with van der Waals surface area (Å²) in [6, 6.07) is 11.3. The Bertz CT molecular complexity index is 735. The Morgan fingerprint density at radius 3 is 2.67 bits per heavy atom. The highest BCUT2D eigenvalue weighted by molar-refractivity contribution is 5.73. The van der Waals surface area contributed by atoms with Crippen LogP contribution in [-0.4, -0.2) is 15.0 Å². The summed E-state index contributed by atoms with van der Waals surface area (Å²) in [5, 5.41) is 0. The molecule has 0 spiro atoms. The van der Waals surface area contributed by atoms with Crippen molar-refractivity contribution in [2.24, 2.45) is 0 Å². The molecule has 2 heterocycles. The first kappa shape index (κ1) is 10.7. The van der Waals surface area contributed by atoms with Gasteiger partial charge >= 0.3 is 0 Å². The van der Waals surface area contributed by atoms with E-state index < -0.39 is 0 Å². The average Bonchev–Trinajstić information content (AvgIpc) is 2.41. The van der Waals surface area contributed by atoms with Crippen LogP contribution in [0.5, 0.6) is 0 Å². The molecule has 0 atom stereocenters. The van der Waals surface area contributed by atoms with E-state index in [4.69, 9.17) is 0 Å². The standard InChI is InChI=1S/C14H11N3O/c18-14-13(9-10-5-7-15-8-6-10)16-11-3-1-2-4-12(11)17-14/h1-8H,9H2,(H,17,18). The summed E-state index contributed by atoms with van der Waals surface area (Å²) in [4.78, 5) is 23.1. The zero-order chi connectivity index (χ0) is 12.4. The number of para-hydroxylation sites is 2. The summed E-state index contributed by atoms with van der Waals surface area (Å²) in [6.45, 7) is 0. The minimum Gasteiger partial charge on any atom is -0.319 e. The van der Waals surface area contributed by atoms with Gasteiger partial charge in [-0.2, -0.15) is 0 Å². The van der Waals surface area contributed by atoms with E-state index >= 15 is 0 Å². The molecule has 1 aromatic carbocycles. The van der Waals surface area contributed by atoms with E-state index in [0.717, 1.165) is 16.6 Å². The maximum Gasteiger partial charge on any atom is 0.270 e. The minimum atomic E-state index is -0.134. The van der Waals surface area contributed by atoms with Crippen molar-refractivity contribution in [1.82, 2.24) is 15.0 Å². The van der Waals surface area contributed by atoms with Gasteiger partial charge in [-0.15, -0.1) is 0 Å². The van der Waals surface area contributed by atoms with Crippen LogP contribution < -0.4 is 5.56 Å². The van der Waals surface area contributed by atoms with Gasteiger partial charge in [-0.25, -0.2) is 4.98 Å². The van der Waals surface area contributed by atoms with Gasteiger partial charge in [0.2, 0.25) is 0 Å². The highest BCUT2D eigenvalue weighted by Gasteiger charge is 2.05. The highest BCUT2D eigenvalue weighted by atomic mass is 16.1. The number of fused-ring (bicyclic) bond motifs is 1. The van der Waals surface area contributed by atoms with Crippen molar-refractivity contribution < 1.29 is 0 Å². The highest BCUT2D eigenvalue weighted by Crippen LogP contribution is 2.08. The molecule has 4 heteroatoms. The number of aromatic nitrogens is 3. The average molecular weight is 237 g/mol. The van der Waals surface area contributed by atoms with E-state index in [1.807, 2.05) is 36.4 Å². The number of benzene rings is 1. The summed E-state index contributed by atoms with van der Waals surface area (Å²) < 4.78 is 0. The normalized spacial score (nSPS) is 10.7. The van der Waals surface area contributed by atoms with E-state index in [2.05, 4.69) is 15.0 Å². The predicted molar refractivity (Wildman–Crippen MR) is 69.4 cm³/mol. The van der Waals surface area contributed by atoms with Crippen molar-refractivity contribution in [3.63, 3.8) is 0 Å². The molecule has 18 heavy (non-hydrogen) atoms. The van der Waals surface area contributed by atoms with Gasteiger partial charge in [0, 0.05) is 18.8 Å². The van der Waals surface area contributed by atoms with E-state index in [-0.39, 0.29) is 5.56 Å². The molecule has 0 aliphatic carbocycles. The number of hydrogen-bond acceptors (Lipinski definition) is 3. The molecule has 0 aliphatic heterocycles. The fraction of sp³-hybridized carbons (Fsp3) is 0.0714. The van der Waals surface area contributed by atoms with Crippen LogP contribution >= 0.6 is 0 Å². The topological polar surface area (TPSA) is 58.6 Å². The van der Waals surface area contributed by atoms with Gasteiger partial charge in [-0.1, -0.05) is 12.1 Å². The predicted octanol–water partition coefficient (Wildman–Crippen LogP) is 1.91. The Morgan fingerprint density at radius 2 is 1.83 bits per heavy atom. The first-order valence-electron chi connectivity index (χ1n) is 5.70. The summed E-state index contributed by atoms with van der Waals surface area (Å²) in [5.74, 6) is 0. The van der Waals surface area contributed by atoms with Crippen LogP contribution in [0.1, 0.15) is 11.3 Å².